The van der Waals surface area contributed by atoms with Crippen molar-refractivity contribution in [1.29, 1.82) is 0 Å². The number of oxime groups is 1. The zero-order valence-corrected chi connectivity index (χ0v) is 12.1. The van der Waals surface area contributed by atoms with Gasteiger partial charge in [0.2, 0.25) is 0 Å². The lowest BCUT2D eigenvalue weighted by Crippen LogP contribution is -2.19. The minimum Gasteiger partial charge on any atom is -0.409 e. The molecule has 0 bridgehead atoms. The van der Waals surface area contributed by atoms with E-state index in [1.54, 1.807) is 42.5 Å². The molecule has 1 amide bonds. The fraction of sp³-hybridized carbons (Fsp3) is 0.0667. The predicted molar refractivity (Wildman–Crippen MR) is 83.1 cm³/mol. The first kappa shape index (κ1) is 14.9. The second-order valence-electron chi connectivity index (χ2n) is 4.45. The summed E-state index contributed by atoms with van der Waals surface area (Å²) in [6.07, 6.45) is 0. The van der Waals surface area contributed by atoms with Gasteiger partial charge in [0.15, 0.2) is 5.84 Å². The molecule has 4 N–H and O–H groups in total. The van der Waals surface area contributed by atoms with Crippen LogP contribution in [-0.2, 0) is 0 Å². The molecule has 0 aliphatic rings. The molecule has 0 spiro atoms. The van der Waals surface area contributed by atoms with Crippen LogP contribution in [0.5, 0.6) is 0 Å². The number of amides is 1. The molecule has 0 aliphatic carbocycles. The highest BCUT2D eigenvalue weighted by atomic mass is 35.5. The summed E-state index contributed by atoms with van der Waals surface area (Å²) < 4.78 is 0. The van der Waals surface area contributed by atoms with Gasteiger partial charge in [0.05, 0.1) is 5.69 Å². The van der Waals surface area contributed by atoms with Gasteiger partial charge in [-0.25, -0.2) is 0 Å². The fourth-order valence-electron chi connectivity index (χ4n) is 1.85. The number of nitrogens with zero attached hydrogens (tertiary/aromatic N) is 1. The number of amidine groups is 1. The van der Waals surface area contributed by atoms with Gasteiger partial charge in [-0.1, -0.05) is 28.9 Å². The quantitative estimate of drug-likeness (QED) is 0.352. The van der Waals surface area contributed by atoms with E-state index in [-0.39, 0.29) is 11.7 Å². The smallest absolute Gasteiger partial charge is 0.255 e. The van der Waals surface area contributed by atoms with Gasteiger partial charge in [0, 0.05) is 16.1 Å². The summed E-state index contributed by atoms with van der Waals surface area (Å²) in [6.45, 7) is 1.82. The zero-order valence-electron chi connectivity index (χ0n) is 11.3. The lowest BCUT2D eigenvalue weighted by atomic mass is 10.1. The Bertz CT molecular complexity index is 714. The SMILES string of the molecule is Cc1cc(C(=O)Nc2ccccc2/C(N)=N/O)ccc1Cl. The van der Waals surface area contributed by atoms with E-state index in [0.29, 0.717) is 21.8 Å². The summed E-state index contributed by atoms with van der Waals surface area (Å²) in [6, 6.07) is 11.8. The van der Waals surface area contributed by atoms with Crippen molar-refractivity contribution >= 4 is 29.0 Å². The van der Waals surface area contributed by atoms with Gasteiger partial charge in [-0.2, -0.15) is 0 Å². The van der Waals surface area contributed by atoms with Crippen LogP contribution in [-0.4, -0.2) is 17.0 Å². The van der Waals surface area contributed by atoms with Crippen molar-refractivity contribution in [3.05, 3.63) is 64.2 Å². The van der Waals surface area contributed by atoms with E-state index in [1.807, 2.05) is 6.92 Å². The Morgan fingerprint density at radius 1 is 1.29 bits per heavy atom. The van der Waals surface area contributed by atoms with Crippen LogP contribution >= 0.6 is 11.6 Å². The Morgan fingerprint density at radius 2 is 2.00 bits per heavy atom. The lowest BCUT2D eigenvalue weighted by Gasteiger charge is -2.10. The monoisotopic (exact) mass is 303 g/mol. The van der Waals surface area contributed by atoms with Crippen LogP contribution in [0.3, 0.4) is 0 Å². The number of carbonyl (C=O) groups is 1. The molecule has 0 aromatic heterocycles. The van der Waals surface area contributed by atoms with Crippen molar-refractivity contribution < 1.29 is 10.0 Å². The highest BCUT2D eigenvalue weighted by Crippen LogP contribution is 2.19. The number of rotatable bonds is 3. The van der Waals surface area contributed by atoms with Crippen molar-refractivity contribution in [3.8, 4) is 0 Å². The number of benzene rings is 2. The third kappa shape index (κ3) is 3.32. The first-order valence-corrected chi connectivity index (χ1v) is 6.55. The van der Waals surface area contributed by atoms with Crippen molar-refractivity contribution in [2.75, 3.05) is 5.32 Å². The van der Waals surface area contributed by atoms with E-state index < -0.39 is 0 Å². The second kappa shape index (κ2) is 6.28. The van der Waals surface area contributed by atoms with E-state index in [0.717, 1.165) is 5.56 Å². The number of hydrogen-bond donors (Lipinski definition) is 3. The third-order valence-electron chi connectivity index (χ3n) is 2.98. The fourth-order valence-corrected chi connectivity index (χ4v) is 1.97. The van der Waals surface area contributed by atoms with Crippen LogP contribution < -0.4 is 11.1 Å². The molecular formula is C15H14ClN3O2. The van der Waals surface area contributed by atoms with Crippen LogP contribution in [0, 0.1) is 6.92 Å². The molecular weight excluding hydrogens is 290 g/mol. The lowest BCUT2D eigenvalue weighted by molar-refractivity contribution is 0.102. The maximum Gasteiger partial charge on any atom is 0.255 e. The molecule has 0 radical (unpaired) electrons. The molecule has 0 fully saturated rings. The normalized spacial score (nSPS) is 11.2. The summed E-state index contributed by atoms with van der Waals surface area (Å²) in [4.78, 5) is 12.2. The van der Waals surface area contributed by atoms with Crippen LogP contribution in [0.1, 0.15) is 21.5 Å². The van der Waals surface area contributed by atoms with E-state index in [1.165, 1.54) is 0 Å². The average molecular weight is 304 g/mol. The number of aryl methyl sites for hydroxylation is 1. The Labute approximate surface area is 127 Å². The number of hydrogen-bond acceptors (Lipinski definition) is 3. The minimum absolute atomic E-state index is 0.0711. The first-order chi connectivity index (χ1) is 10.0. The topological polar surface area (TPSA) is 87.7 Å². The van der Waals surface area contributed by atoms with Gasteiger partial charge < -0.3 is 16.3 Å². The van der Waals surface area contributed by atoms with Crippen LogP contribution in [0.2, 0.25) is 5.02 Å². The molecule has 0 atom stereocenters. The standard InChI is InChI=1S/C15H14ClN3O2/c1-9-8-10(6-7-12(9)16)15(20)18-13-5-3-2-4-11(13)14(17)19-21/h2-8,21H,1H3,(H2,17,19)(H,18,20). The average Bonchev–Trinajstić information content (AvgIpc) is 2.49. The van der Waals surface area contributed by atoms with Gasteiger partial charge in [-0.05, 0) is 42.8 Å². The van der Waals surface area contributed by atoms with Crippen LogP contribution in [0.15, 0.2) is 47.6 Å². The highest BCUT2D eigenvalue weighted by Gasteiger charge is 2.12. The van der Waals surface area contributed by atoms with Gasteiger partial charge >= 0.3 is 0 Å². The van der Waals surface area contributed by atoms with Gasteiger partial charge in [0.1, 0.15) is 0 Å². The van der Waals surface area contributed by atoms with Gasteiger partial charge in [-0.3, -0.25) is 4.79 Å². The first-order valence-electron chi connectivity index (χ1n) is 6.17. The second-order valence-corrected chi connectivity index (χ2v) is 4.86. The maximum absolute atomic E-state index is 12.2. The van der Waals surface area contributed by atoms with E-state index in [9.17, 15) is 4.79 Å². The molecule has 0 saturated heterocycles. The number of halogens is 1. The molecule has 0 heterocycles. The molecule has 0 unspecified atom stereocenters. The zero-order chi connectivity index (χ0) is 15.4. The van der Waals surface area contributed by atoms with Crippen molar-refractivity contribution in [1.82, 2.24) is 0 Å². The Balaban J connectivity index is 2.30. The number of carbonyl (C=O) groups excluding carboxylic acids is 1. The van der Waals surface area contributed by atoms with Gasteiger partial charge in [-0.15, -0.1) is 0 Å². The highest BCUT2D eigenvalue weighted by molar-refractivity contribution is 6.31. The molecule has 108 valence electrons. The molecule has 0 aliphatic heterocycles. The molecule has 5 nitrogen and oxygen atoms in total. The molecule has 2 aromatic rings. The van der Waals surface area contributed by atoms with Crippen LogP contribution in [0.4, 0.5) is 5.69 Å². The Morgan fingerprint density at radius 3 is 2.67 bits per heavy atom. The minimum atomic E-state index is -0.298. The summed E-state index contributed by atoms with van der Waals surface area (Å²) in [5.74, 6) is -0.369. The molecule has 0 saturated carbocycles. The van der Waals surface area contributed by atoms with Gasteiger partial charge in [0.25, 0.3) is 5.91 Å². The number of anilines is 1. The van der Waals surface area contributed by atoms with Crippen molar-refractivity contribution in [2.24, 2.45) is 10.9 Å². The van der Waals surface area contributed by atoms with E-state index in [2.05, 4.69) is 10.5 Å². The summed E-state index contributed by atoms with van der Waals surface area (Å²) >= 11 is 5.94. The Kier molecular flexibility index (Phi) is 4.45. The summed E-state index contributed by atoms with van der Waals surface area (Å²) in [5.41, 5.74) is 7.78. The summed E-state index contributed by atoms with van der Waals surface area (Å²) in [7, 11) is 0. The largest absolute Gasteiger partial charge is 0.409 e. The van der Waals surface area contributed by atoms with Crippen molar-refractivity contribution in [2.45, 2.75) is 6.92 Å². The molecule has 2 rings (SSSR count). The number of nitrogens with one attached hydrogen (secondary N) is 1. The summed E-state index contributed by atoms with van der Waals surface area (Å²) in [5, 5.41) is 15.1. The van der Waals surface area contributed by atoms with E-state index >= 15 is 0 Å². The van der Waals surface area contributed by atoms with Crippen LogP contribution in [0.25, 0.3) is 0 Å². The third-order valence-corrected chi connectivity index (χ3v) is 3.40. The molecule has 2 aromatic carbocycles. The maximum atomic E-state index is 12.2. The predicted octanol–water partition coefficient (Wildman–Crippen LogP) is 3.00. The van der Waals surface area contributed by atoms with Crippen molar-refractivity contribution in [3.63, 3.8) is 0 Å². The Hall–Kier alpha value is -2.53. The van der Waals surface area contributed by atoms with E-state index in [4.69, 9.17) is 22.5 Å². The number of para-hydroxylation sites is 1. The molecule has 21 heavy (non-hydrogen) atoms. The molecule has 6 heteroatoms. The number of nitrogens with two attached hydrogens (primary N) is 1.